The third kappa shape index (κ3) is 4.54. The smallest absolute Gasteiger partial charge is 0.274 e. The number of nitrogens with zero attached hydrogens (tertiary/aromatic N) is 3. The number of amides is 1. The molecule has 130 valence electrons. The number of aromatic nitrogens is 2. The quantitative estimate of drug-likeness (QED) is 0.889. The van der Waals surface area contributed by atoms with Gasteiger partial charge in [0.05, 0.1) is 11.3 Å². The van der Waals surface area contributed by atoms with Crippen molar-refractivity contribution in [3.05, 3.63) is 17.5 Å². The summed E-state index contributed by atoms with van der Waals surface area (Å²) < 4.78 is 24.4. The summed E-state index contributed by atoms with van der Waals surface area (Å²) in [5.41, 5.74) is 1.15. The van der Waals surface area contributed by atoms with Gasteiger partial charge >= 0.3 is 0 Å². The number of carbonyl (C=O) groups excluding carboxylic acids is 1. The molecule has 8 heteroatoms. The van der Waals surface area contributed by atoms with Crippen LogP contribution < -0.4 is 5.14 Å². The van der Waals surface area contributed by atoms with Crippen molar-refractivity contribution in [1.82, 2.24) is 14.7 Å². The summed E-state index contributed by atoms with van der Waals surface area (Å²) in [6.07, 6.45) is 1.56. The van der Waals surface area contributed by atoms with E-state index < -0.39 is 10.0 Å². The Morgan fingerprint density at radius 3 is 2.61 bits per heavy atom. The van der Waals surface area contributed by atoms with Crippen molar-refractivity contribution < 1.29 is 13.2 Å². The largest absolute Gasteiger partial charge is 0.337 e. The maximum absolute atomic E-state index is 12.7. The van der Waals surface area contributed by atoms with Crippen molar-refractivity contribution in [3.8, 4) is 0 Å². The predicted molar refractivity (Wildman–Crippen MR) is 88.6 cm³/mol. The summed E-state index contributed by atoms with van der Waals surface area (Å²) >= 11 is 0. The van der Waals surface area contributed by atoms with Gasteiger partial charge < -0.3 is 4.90 Å². The van der Waals surface area contributed by atoms with Crippen LogP contribution in [0.2, 0.25) is 0 Å². The summed E-state index contributed by atoms with van der Waals surface area (Å²) in [5, 5.41) is 9.56. The Kier molecular flexibility index (Phi) is 4.86. The molecule has 1 unspecified atom stereocenters. The van der Waals surface area contributed by atoms with Crippen LogP contribution in [-0.4, -0.2) is 47.8 Å². The molecule has 0 aromatic carbocycles. The van der Waals surface area contributed by atoms with Crippen LogP contribution in [0, 0.1) is 12.8 Å². The molecular weight excluding hydrogens is 316 g/mol. The van der Waals surface area contributed by atoms with Crippen molar-refractivity contribution in [1.29, 1.82) is 0 Å². The fraction of sp³-hybridized carbons (Fsp3) is 0.733. The zero-order chi connectivity index (χ0) is 17.4. The molecule has 1 aliphatic heterocycles. The van der Waals surface area contributed by atoms with E-state index in [2.05, 4.69) is 5.10 Å². The molecule has 0 aliphatic carbocycles. The molecule has 1 aliphatic rings. The topological polar surface area (TPSA) is 98.3 Å². The van der Waals surface area contributed by atoms with Crippen molar-refractivity contribution in [2.45, 2.75) is 46.1 Å². The standard InChI is InChI=1S/C15H26N4O3S/c1-11-8-13(17-19(11)15(2,3)4)14(20)18-7-5-6-12(9-18)10-23(16,21)22/h8,12H,5-7,9-10H2,1-4H3,(H2,16,21,22). The minimum Gasteiger partial charge on any atom is -0.337 e. The highest BCUT2D eigenvalue weighted by Gasteiger charge is 2.29. The fourth-order valence-electron chi connectivity index (χ4n) is 3.13. The summed E-state index contributed by atoms with van der Waals surface area (Å²) in [6, 6.07) is 1.79. The number of carbonyl (C=O) groups is 1. The molecule has 1 aromatic rings. The maximum Gasteiger partial charge on any atom is 0.274 e. The summed E-state index contributed by atoms with van der Waals surface area (Å²) in [7, 11) is -3.52. The van der Waals surface area contributed by atoms with Gasteiger partial charge in [-0.05, 0) is 52.5 Å². The molecule has 1 saturated heterocycles. The van der Waals surface area contributed by atoms with Gasteiger partial charge in [0.1, 0.15) is 0 Å². The lowest BCUT2D eigenvalue weighted by Crippen LogP contribution is -2.42. The Labute approximate surface area is 137 Å². The predicted octanol–water partition coefficient (Wildman–Crippen LogP) is 1.09. The third-order valence-corrected chi connectivity index (χ3v) is 4.95. The van der Waals surface area contributed by atoms with E-state index >= 15 is 0 Å². The molecule has 0 saturated carbocycles. The SMILES string of the molecule is Cc1cc(C(=O)N2CCCC(CS(N)(=O)=O)C2)nn1C(C)(C)C. The van der Waals surface area contributed by atoms with Gasteiger partial charge in [-0.3, -0.25) is 9.48 Å². The van der Waals surface area contributed by atoms with E-state index in [1.54, 1.807) is 11.0 Å². The molecule has 2 heterocycles. The molecule has 1 aromatic heterocycles. The number of primary sulfonamides is 1. The second kappa shape index (κ2) is 6.24. The highest BCUT2D eigenvalue weighted by atomic mass is 32.2. The lowest BCUT2D eigenvalue weighted by atomic mass is 10.00. The van der Waals surface area contributed by atoms with Gasteiger partial charge in [0, 0.05) is 18.8 Å². The summed E-state index contributed by atoms with van der Waals surface area (Å²) in [4.78, 5) is 14.4. The van der Waals surface area contributed by atoms with E-state index in [1.807, 2.05) is 32.4 Å². The molecule has 0 bridgehead atoms. The normalized spacial score (nSPS) is 19.9. The number of sulfonamides is 1. The molecule has 1 amide bonds. The zero-order valence-corrected chi connectivity index (χ0v) is 15.1. The monoisotopic (exact) mass is 342 g/mol. The molecule has 7 nitrogen and oxygen atoms in total. The third-order valence-electron chi connectivity index (χ3n) is 4.02. The lowest BCUT2D eigenvalue weighted by molar-refractivity contribution is 0.0676. The van der Waals surface area contributed by atoms with Gasteiger partial charge in [0.2, 0.25) is 10.0 Å². The van der Waals surface area contributed by atoms with Crippen LogP contribution in [0.4, 0.5) is 0 Å². The minimum atomic E-state index is -3.52. The van der Waals surface area contributed by atoms with Crippen molar-refractivity contribution >= 4 is 15.9 Å². The minimum absolute atomic E-state index is 0.0771. The number of rotatable bonds is 3. The van der Waals surface area contributed by atoms with Crippen LogP contribution >= 0.6 is 0 Å². The van der Waals surface area contributed by atoms with Crippen LogP contribution in [0.5, 0.6) is 0 Å². The number of hydrogen-bond donors (Lipinski definition) is 1. The number of aryl methyl sites for hydroxylation is 1. The van der Waals surface area contributed by atoms with E-state index in [1.165, 1.54) is 0 Å². The van der Waals surface area contributed by atoms with Crippen LogP contribution in [0.25, 0.3) is 0 Å². The Morgan fingerprint density at radius 2 is 2.09 bits per heavy atom. The van der Waals surface area contributed by atoms with E-state index in [9.17, 15) is 13.2 Å². The fourth-order valence-corrected chi connectivity index (χ4v) is 4.06. The van der Waals surface area contributed by atoms with Gasteiger partial charge in [0.25, 0.3) is 5.91 Å². The molecule has 0 radical (unpaired) electrons. The highest BCUT2D eigenvalue weighted by molar-refractivity contribution is 7.89. The first kappa shape index (κ1) is 17.9. The van der Waals surface area contributed by atoms with Gasteiger partial charge in [-0.15, -0.1) is 0 Å². The maximum atomic E-state index is 12.7. The van der Waals surface area contributed by atoms with E-state index in [0.29, 0.717) is 18.8 Å². The van der Waals surface area contributed by atoms with Crippen LogP contribution in [-0.2, 0) is 15.6 Å². The van der Waals surface area contributed by atoms with Gasteiger partial charge in [-0.25, -0.2) is 13.6 Å². The Bertz CT molecular complexity index is 688. The van der Waals surface area contributed by atoms with E-state index in [4.69, 9.17) is 5.14 Å². The van der Waals surface area contributed by atoms with Gasteiger partial charge in [-0.1, -0.05) is 0 Å². The lowest BCUT2D eigenvalue weighted by Gasteiger charge is -2.31. The van der Waals surface area contributed by atoms with E-state index in [-0.39, 0.29) is 23.1 Å². The average molecular weight is 342 g/mol. The highest BCUT2D eigenvalue weighted by Crippen LogP contribution is 2.21. The average Bonchev–Trinajstić information content (AvgIpc) is 2.78. The second-order valence-corrected chi connectivity index (χ2v) is 9.00. The van der Waals surface area contributed by atoms with Crippen LogP contribution in [0.15, 0.2) is 6.07 Å². The Balaban J connectivity index is 2.14. The van der Waals surface area contributed by atoms with Crippen LogP contribution in [0.3, 0.4) is 0 Å². The number of nitrogens with two attached hydrogens (primary N) is 1. The molecular formula is C15H26N4O3S. The molecule has 0 spiro atoms. The van der Waals surface area contributed by atoms with E-state index in [0.717, 1.165) is 18.5 Å². The first-order valence-corrected chi connectivity index (χ1v) is 9.56. The summed E-state index contributed by atoms with van der Waals surface area (Å²) in [6.45, 7) is 9.06. The molecule has 2 N–H and O–H groups in total. The number of hydrogen-bond acceptors (Lipinski definition) is 4. The van der Waals surface area contributed by atoms with Crippen LogP contribution in [0.1, 0.15) is 49.8 Å². The first-order chi connectivity index (χ1) is 10.5. The van der Waals surface area contributed by atoms with Crippen molar-refractivity contribution in [2.24, 2.45) is 11.1 Å². The zero-order valence-electron chi connectivity index (χ0n) is 14.2. The number of likely N-dealkylation sites (tertiary alicyclic amines) is 1. The molecule has 1 atom stereocenters. The Morgan fingerprint density at radius 1 is 1.43 bits per heavy atom. The van der Waals surface area contributed by atoms with Crippen molar-refractivity contribution in [3.63, 3.8) is 0 Å². The van der Waals surface area contributed by atoms with Gasteiger partial charge in [-0.2, -0.15) is 5.10 Å². The Hall–Kier alpha value is -1.41. The van der Waals surface area contributed by atoms with Crippen molar-refractivity contribution in [2.75, 3.05) is 18.8 Å². The van der Waals surface area contributed by atoms with Gasteiger partial charge in [0.15, 0.2) is 5.69 Å². The summed E-state index contributed by atoms with van der Waals surface area (Å²) in [5.74, 6) is -0.324. The first-order valence-electron chi connectivity index (χ1n) is 7.84. The molecule has 2 rings (SSSR count). The number of piperidine rings is 1. The second-order valence-electron chi connectivity index (χ2n) is 7.34. The molecule has 1 fully saturated rings. The molecule has 23 heavy (non-hydrogen) atoms.